The molecular weight excluding hydrogens is 262 g/mol. The first kappa shape index (κ1) is 15.9. The number of carbonyl (C=O) groups excluding carboxylic acids is 1. The number of rotatable bonds is 1. The number of aryl methyl sites for hydroxylation is 1. The van der Waals surface area contributed by atoms with E-state index in [1.54, 1.807) is 0 Å². The van der Waals surface area contributed by atoms with E-state index in [-0.39, 0.29) is 12.1 Å². The van der Waals surface area contributed by atoms with Gasteiger partial charge in [0.1, 0.15) is 5.60 Å². The van der Waals surface area contributed by atoms with Gasteiger partial charge in [0.05, 0.1) is 6.04 Å². The van der Waals surface area contributed by atoms with Crippen molar-refractivity contribution >= 4 is 6.09 Å². The number of ether oxygens (including phenoxy) is 1. The Morgan fingerprint density at radius 2 is 1.86 bits per heavy atom. The first-order valence-corrected chi connectivity index (χ1v) is 7.82. The van der Waals surface area contributed by atoms with Gasteiger partial charge in [-0.2, -0.15) is 0 Å². The highest BCUT2D eigenvalue weighted by Gasteiger charge is 2.33. The van der Waals surface area contributed by atoms with Gasteiger partial charge in [0, 0.05) is 6.54 Å². The van der Waals surface area contributed by atoms with Crippen LogP contribution in [0.4, 0.5) is 4.79 Å². The predicted molar refractivity (Wildman–Crippen MR) is 85.3 cm³/mol. The largest absolute Gasteiger partial charge is 0.444 e. The maximum atomic E-state index is 12.5. The summed E-state index contributed by atoms with van der Waals surface area (Å²) in [4.78, 5) is 14.4. The lowest BCUT2D eigenvalue weighted by Crippen LogP contribution is -2.43. The Morgan fingerprint density at radius 3 is 2.43 bits per heavy atom. The number of benzene rings is 1. The van der Waals surface area contributed by atoms with E-state index in [1.807, 2.05) is 25.7 Å². The van der Waals surface area contributed by atoms with Crippen LogP contribution < -0.4 is 0 Å². The van der Waals surface area contributed by atoms with Crippen molar-refractivity contribution in [1.29, 1.82) is 0 Å². The number of hydrogen-bond acceptors (Lipinski definition) is 2. The Hall–Kier alpha value is -1.51. The standard InChI is InChI=1S/C18H27NO2/c1-13-6-8-15(9-7-13)16-12-14(2)10-11-19(16)17(20)21-18(3,4)5/h6-9,14,16H,10-12H2,1-5H3. The van der Waals surface area contributed by atoms with Crippen molar-refractivity contribution in [3.8, 4) is 0 Å². The zero-order valence-corrected chi connectivity index (χ0v) is 13.8. The maximum absolute atomic E-state index is 12.5. The maximum Gasteiger partial charge on any atom is 0.410 e. The van der Waals surface area contributed by atoms with Crippen LogP contribution in [0.25, 0.3) is 0 Å². The van der Waals surface area contributed by atoms with Crippen molar-refractivity contribution in [1.82, 2.24) is 4.90 Å². The van der Waals surface area contributed by atoms with E-state index < -0.39 is 5.60 Å². The number of hydrogen-bond donors (Lipinski definition) is 0. The van der Waals surface area contributed by atoms with Gasteiger partial charge in [0.25, 0.3) is 0 Å². The van der Waals surface area contributed by atoms with Gasteiger partial charge in [-0.25, -0.2) is 4.79 Å². The number of piperidine rings is 1. The molecule has 1 heterocycles. The van der Waals surface area contributed by atoms with Crippen LogP contribution in [0.2, 0.25) is 0 Å². The van der Waals surface area contributed by atoms with Crippen LogP contribution in [0.1, 0.15) is 57.7 Å². The highest BCUT2D eigenvalue weighted by molar-refractivity contribution is 5.69. The van der Waals surface area contributed by atoms with Gasteiger partial charge >= 0.3 is 6.09 Å². The van der Waals surface area contributed by atoms with Crippen molar-refractivity contribution in [3.63, 3.8) is 0 Å². The summed E-state index contributed by atoms with van der Waals surface area (Å²) < 4.78 is 5.57. The minimum Gasteiger partial charge on any atom is -0.444 e. The molecule has 1 fully saturated rings. The van der Waals surface area contributed by atoms with Crippen molar-refractivity contribution in [3.05, 3.63) is 35.4 Å². The average Bonchev–Trinajstić information content (AvgIpc) is 2.37. The molecule has 1 aliphatic heterocycles. The van der Waals surface area contributed by atoms with Crippen LogP contribution in [0, 0.1) is 12.8 Å². The van der Waals surface area contributed by atoms with E-state index >= 15 is 0 Å². The van der Waals surface area contributed by atoms with Gasteiger partial charge in [0.15, 0.2) is 0 Å². The smallest absolute Gasteiger partial charge is 0.410 e. The summed E-state index contributed by atoms with van der Waals surface area (Å²) in [6, 6.07) is 8.62. The molecule has 3 nitrogen and oxygen atoms in total. The molecule has 2 unspecified atom stereocenters. The summed E-state index contributed by atoms with van der Waals surface area (Å²) in [7, 11) is 0. The number of nitrogens with zero attached hydrogens (tertiary/aromatic N) is 1. The fraction of sp³-hybridized carbons (Fsp3) is 0.611. The fourth-order valence-electron chi connectivity index (χ4n) is 2.79. The first-order valence-electron chi connectivity index (χ1n) is 7.82. The second-order valence-electron chi connectivity index (χ2n) is 7.23. The van der Waals surface area contributed by atoms with Crippen LogP contribution in [0.5, 0.6) is 0 Å². The second kappa shape index (κ2) is 6.08. The molecule has 1 aromatic carbocycles. The number of amides is 1. The summed E-state index contributed by atoms with van der Waals surface area (Å²) in [6.45, 7) is 10.9. The van der Waals surface area contributed by atoms with E-state index in [2.05, 4.69) is 38.1 Å². The van der Waals surface area contributed by atoms with E-state index in [4.69, 9.17) is 4.74 Å². The van der Waals surface area contributed by atoms with Crippen LogP contribution in [0.3, 0.4) is 0 Å². The van der Waals surface area contributed by atoms with Crippen LogP contribution in [-0.4, -0.2) is 23.1 Å². The third kappa shape index (κ3) is 4.23. The van der Waals surface area contributed by atoms with Crippen molar-refractivity contribution in [2.45, 2.75) is 59.1 Å². The van der Waals surface area contributed by atoms with Gasteiger partial charge < -0.3 is 9.64 Å². The molecule has 116 valence electrons. The highest BCUT2D eigenvalue weighted by Crippen LogP contribution is 2.35. The molecule has 2 atom stereocenters. The molecule has 0 spiro atoms. The van der Waals surface area contributed by atoms with Crippen LogP contribution in [-0.2, 0) is 4.74 Å². The van der Waals surface area contributed by atoms with Crippen molar-refractivity contribution < 1.29 is 9.53 Å². The molecule has 21 heavy (non-hydrogen) atoms. The van der Waals surface area contributed by atoms with Gasteiger partial charge in [-0.05, 0) is 52.0 Å². The minimum absolute atomic E-state index is 0.129. The zero-order valence-electron chi connectivity index (χ0n) is 13.8. The van der Waals surface area contributed by atoms with Gasteiger partial charge in [-0.1, -0.05) is 36.8 Å². The lowest BCUT2D eigenvalue weighted by molar-refractivity contribution is 0.00512. The Bertz CT molecular complexity index is 487. The molecule has 0 aromatic heterocycles. The van der Waals surface area contributed by atoms with Gasteiger partial charge in [-0.3, -0.25) is 0 Å². The molecule has 1 amide bonds. The lowest BCUT2D eigenvalue weighted by Gasteiger charge is -2.39. The van der Waals surface area contributed by atoms with E-state index in [0.717, 1.165) is 19.4 Å². The van der Waals surface area contributed by atoms with E-state index in [9.17, 15) is 4.79 Å². The number of likely N-dealkylation sites (tertiary alicyclic amines) is 1. The van der Waals surface area contributed by atoms with Crippen molar-refractivity contribution in [2.24, 2.45) is 5.92 Å². The van der Waals surface area contributed by atoms with Gasteiger partial charge in [-0.15, -0.1) is 0 Å². The summed E-state index contributed by atoms with van der Waals surface area (Å²) in [5.74, 6) is 0.634. The summed E-state index contributed by atoms with van der Waals surface area (Å²) in [5.41, 5.74) is 2.00. The van der Waals surface area contributed by atoms with Crippen LogP contribution in [0.15, 0.2) is 24.3 Å². The molecule has 0 bridgehead atoms. The number of carbonyl (C=O) groups is 1. The molecule has 2 rings (SSSR count). The molecule has 0 saturated carbocycles. The Labute approximate surface area is 128 Å². The van der Waals surface area contributed by atoms with E-state index in [0.29, 0.717) is 5.92 Å². The fourth-order valence-corrected chi connectivity index (χ4v) is 2.79. The Balaban J connectivity index is 2.21. The SMILES string of the molecule is Cc1ccc(C2CC(C)CCN2C(=O)OC(C)(C)C)cc1. The molecule has 0 N–H and O–H groups in total. The monoisotopic (exact) mass is 289 g/mol. The average molecular weight is 289 g/mol. The van der Waals surface area contributed by atoms with Crippen molar-refractivity contribution in [2.75, 3.05) is 6.54 Å². The van der Waals surface area contributed by atoms with E-state index in [1.165, 1.54) is 11.1 Å². The Morgan fingerprint density at radius 1 is 1.24 bits per heavy atom. The highest BCUT2D eigenvalue weighted by atomic mass is 16.6. The third-order valence-corrected chi connectivity index (χ3v) is 3.95. The topological polar surface area (TPSA) is 29.5 Å². The molecule has 0 radical (unpaired) electrons. The molecule has 1 aromatic rings. The predicted octanol–water partition coefficient (Wildman–Crippen LogP) is 4.70. The lowest BCUT2D eigenvalue weighted by atomic mass is 9.88. The third-order valence-electron chi connectivity index (χ3n) is 3.95. The van der Waals surface area contributed by atoms with Gasteiger partial charge in [0.2, 0.25) is 0 Å². The summed E-state index contributed by atoms with van der Waals surface area (Å²) in [5, 5.41) is 0. The summed E-state index contributed by atoms with van der Waals surface area (Å²) in [6.07, 6.45) is 1.85. The van der Waals surface area contributed by atoms with Crippen LogP contribution >= 0.6 is 0 Å². The molecule has 3 heteroatoms. The molecule has 1 saturated heterocycles. The quantitative estimate of drug-likeness (QED) is 0.749. The Kier molecular flexibility index (Phi) is 4.60. The molecule has 0 aliphatic carbocycles. The second-order valence-corrected chi connectivity index (χ2v) is 7.23. The normalized spacial score (nSPS) is 23.0. The molecular formula is C18H27NO2. The zero-order chi connectivity index (χ0) is 15.6. The minimum atomic E-state index is -0.446. The first-order chi connectivity index (χ1) is 9.76. The summed E-state index contributed by atoms with van der Waals surface area (Å²) >= 11 is 0. The molecule has 1 aliphatic rings.